The van der Waals surface area contributed by atoms with Gasteiger partial charge in [0.15, 0.2) is 16.6 Å². The summed E-state index contributed by atoms with van der Waals surface area (Å²) in [6.07, 6.45) is 5.80. The second-order valence-corrected chi connectivity index (χ2v) is 28.1. The minimum Gasteiger partial charge on any atom is -0.447 e. The van der Waals surface area contributed by atoms with E-state index in [1.807, 2.05) is 6.92 Å². The summed E-state index contributed by atoms with van der Waals surface area (Å²) < 4.78 is 29.6. The predicted octanol–water partition coefficient (Wildman–Crippen LogP) is 6.16. The lowest BCUT2D eigenvalue weighted by atomic mass is 10.2. The number of nitrogens with zero attached hydrogens (tertiary/aromatic N) is 3. The standard InChI is InChI=1S/C34H77N5O7Si3/c1-13-47(7,8)45-49(11,12)46-48(9,10)30-20-27-42-28-29-43-33(40)35-21-16-14-15-17-22-36-34(41)44-32(2)31-39(25-18-23-37(3)4)26-19-24-38(5)6/h32H,13-31H2,1-12H3,(H,35,40)(H,36,41). The maximum absolute atomic E-state index is 12.3. The van der Waals surface area contributed by atoms with Crippen LogP contribution < -0.4 is 10.6 Å². The number of hydrogen-bond acceptors (Lipinski definition) is 10. The van der Waals surface area contributed by atoms with Gasteiger partial charge in [0.1, 0.15) is 12.7 Å². The van der Waals surface area contributed by atoms with E-state index in [1.54, 1.807) is 0 Å². The maximum Gasteiger partial charge on any atom is 0.407 e. The van der Waals surface area contributed by atoms with Crippen LogP contribution in [0.3, 0.4) is 0 Å². The molecule has 0 saturated carbocycles. The monoisotopic (exact) mass is 752 g/mol. The average Bonchev–Trinajstić information content (AvgIpc) is 2.96. The van der Waals surface area contributed by atoms with Crippen LogP contribution >= 0.6 is 0 Å². The van der Waals surface area contributed by atoms with Crippen molar-refractivity contribution in [2.75, 3.05) is 93.8 Å². The fourth-order valence-electron chi connectivity index (χ4n) is 5.55. The highest BCUT2D eigenvalue weighted by Crippen LogP contribution is 2.25. The van der Waals surface area contributed by atoms with Gasteiger partial charge in [0.2, 0.25) is 0 Å². The molecule has 0 radical (unpaired) electrons. The van der Waals surface area contributed by atoms with Crippen molar-refractivity contribution in [3.8, 4) is 0 Å². The van der Waals surface area contributed by atoms with Crippen LogP contribution in [-0.2, 0) is 22.4 Å². The average molecular weight is 752 g/mol. The van der Waals surface area contributed by atoms with Crippen molar-refractivity contribution in [1.29, 1.82) is 0 Å². The number of hydrogen-bond donors (Lipinski definition) is 2. The number of amides is 2. The first-order valence-electron chi connectivity index (χ1n) is 18.7. The van der Waals surface area contributed by atoms with Gasteiger partial charge in [-0.15, -0.1) is 0 Å². The zero-order valence-corrected chi connectivity index (χ0v) is 36.7. The van der Waals surface area contributed by atoms with Crippen molar-refractivity contribution >= 4 is 37.4 Å². The van der Waals surface area contributed by atoms with Gasteiger partial charge in [0.25, 0.3) is 0 Å². The molecule has 0 aromatic rings. The van der Waals surface area contributed by atoms with Gasteiger partial charge in [0.05, 0.1) is 6.61 Å². The van der Waals surface area contributed by atoms with Crippen LogP contribution in [0.2, 0.25) is 51.4 Å². The summed E-state index contributed by atoms with van der Waals surface area (Å²) in [6, 6.07) is 2.10. The summed E-state index contributed by atoms with van der Waals surface area (Å²) in [4.78, 5) is 31.1. The maximum atomic E-state index is 12.3. The summed E-state index contributed by atoms with van der Waals surface area (Å²) >= 11 is 0. The Balaban J connectivity index is 3.91. The van der Waals surface area contributed by atoms with Gasteiger partial charge < -0.3 is 42.9 Å². The molecule has 0 aliphatic carbocycles. The first kappa shape index (κ1) is 48.0. The van der Waals surface area contributed by atoms with E-state index in [1.165, 1.54) is 0 Å². The van der Waals surface area contributed by atoms with Gasteiger partial charge in [-0.2, -0.15) is 0 Å². The van der Waals surface area contributed by atoms with Crippen molar-refractivity contribution in [2.45, 2.75) is 116 Å². The third-order valence-corrected chi connectivity index (χ3v) is 19.7. The molecule has 0 aromatic heterocycles. The molecule has 0 spiro atoms. The highest BCUT2D eigenvalue weighted by atomic mass is 28.5. The van der Waals surface area contributed by atoms with Crippen LogP contribution in [0.4, 0.5) is 9.59 Å². The minimum absolute atomic E-state index is 0.172. The molecule has 0 aromatic carbocycles. The molecular formula is C34H77N5O7Si3. The summed E-state index contributed by atoms with van der Waals surface area (Å²) in [5.41, 5.74) is 0. The second-order valence-electron chi connectivity index (χ2n) is 15.4. The molecule has 1 atom stereocenters. The molecule has 0 aliphatic rings. The van der Waals surface area contributed by atoms with Gasteiger partial charge in [-0.25, -0.2) is 9.59 Å². The Morgan fingerprint density at radius 1 is 0.653 bits per heavy atom. The van der Waals surface area contributed by atoms with Crippen LogP contribution in [0.1, 0.15) is 58.8 Å². The molecule has 0 fully saturated rings. The second kappa shape index (κ2) is 26.7. The van der Waals surface area contributed by atoms with Gasteiger partial charge in [-0.3, -0.25) is 4.90 Å². The Morgan fingerprint density at radius 2 is 1.18 bits per heavy atom. The lowest BCUT2D eigenvalue weighted by molar-refractivity contribution is 0.0728. The van der Waals surface area contributed by atoms with Crippen molar-refractivity contribution in [1.82, 2.24) is 25.3 Å². The van der Waals surface area contributed by atoms with E-state index in [2.05, 4.69) is 99.7 Å². The number of carbonyl (C=O) groups is 2. The smallest absolute Gasteiger partial charge is 0.407 e. The third kappa shape index (κ3) is 30.3. The molecule has 0 bridgehead atoms. The van der Waals surface area contributed by atoms with Crippen LogP contribution in [0, 0.1) is 0 Å². The third-order valence-electron chi connectivity index (χ3n) is 8.05. The molecule has 292 valence electrons. The fourth-order valence-corrected chi connectivity index (χ4v) is 18.7. The SMILES string of the molecule is CC[Si](C)(C)O[Si](C)(C)O[Si](C)(C)CCCOCCOC(=O)NCCCCCCNC(=O)OC(C)CN(CCCN(C)C)CCCN(C)C. The predicted molar refractivity (Wildman–Crippen MR) is 210 cm³/mol. The minimum atomic E-state index is -2.14. The van der Waals surface area contributed by atoms with E-state index in [0.717, 1.165) is 89.8 Å². The molecule has 0 saturated heterocycles. The van der Waals surface area contributed by atoms with Crippen LogP contribution in [0.15, 0.2) is 0 Å². The zero-order chi connectivity index (χ0) is 37.3. The van der Waals surface area contributed by atoms with E-state index in [0.29, 0.717) is 26.3 Å². The highest BCUT2D eigenvalue weighted by molar-refractivity contribution is 6.87. The molecule has 0 heterocycles. The molecular weight excluding hydrogens is 675 g/mol. The largest absolute Gasteiger partial charge is 0.447 e. The highest BCUT2D eigenvalue weighted by Gasteiger charge is 2.38. The van der Waals surface area contributed by atoms with Crippen molar-refractivity contribution in [3.05, 3.63) is 0 Å². The molecule has 0 rings (SSSR count). The number of unbranched alkanes of at least 4 members (excludes halogenated alkanes) is 3. The number of carbonyl (C=O) groups excluding carboxylic acids is 2. The Hall–Kier alpha value is -1.05. The molecule has 15 heteroatoms. The summed E-state index contributed by atoms with van der Waals surface area (Å²) in [7, 11) is 2.74. The Kier molecular flexibility index (Phi) is 26.1. The van der Waals surface area contributed by atoms with Crippen molar-refractivity contribution in [2.24, 2.45) is 0 Å². The molecule has 49 heavy (non-hydrogen) atoms. The first-order chi connectivity index (χ1) is 22.9. The van der Waals surface area contributed by atoms with Gasteiger partial charge in [0, 0.05) is 26.2 Å². The van der Waals surface area contributed by atoms with E-state index < -0.39 is 31.3 Å². The van der Waals surface area contributed by atoms with Gasteiger partial charge in [-0.1, -0.05) is 19.8 Å². The quantitative estimate of drug-likeness (QED) is 0.0654. The zero-order valence-electron chi connectivity index (χ0n) is 33.7. The fraction of sp³-hybridized carbons (Fsp3) is 0.941. The van der Waals surface area contributed by atoms with E-state index in [-0.39, 0.29) is 18.8 Å². The number of nitrogens with one attached hydrogen (secondary N) is 2. The van der Waals surface area contributed by atoms with Crippen molar-refractivity contribution in [3.63, 3.8) is 0 Å². The first-order valence-corrected chi connectivity index (χ1v) is 27.8. The lowest BCUT2D eigenvalue weighted by Gasteiger charge is -2.38. The summed E-state index contributed by atoms with van der Waals surface area (Å²) in [5.74, 6) is 0. The van der Waals surface area contributed by atoms with E-state index >= 15 is 0 Å². The Labute approximate surface area is 304 Å². The van der Waals surface area contributed by atoms with Crippen LogP contribution in [0.5, 0.6) is 0 Å². The topological polar surface area (TPSA) is 114 Å². The number of ether oxygens (including phenoxy) is 3. The summed E-state index contributed by atoms with van der Waals surface area (Å²) in [6.45, 7) is 24.7. The molecule has 12 nitrogen and oxygen atoms in total. The Morgan fingerprint density at radius 3 is 1.71 bits per heavy atom. The van der Waals surface area contributed by atoms with E-state index in [9.17, 15) is 9.59 Å². The van der Waals surface area contributed by atoms with Crippen LogP contribution in [0.25, 0.3) is 0 Å². The van der Waals surface area contributed by atoms with Gasteiger partial charge in [-0.05, 0) is 145 Å². The molecule has 2 N–H and O–H groups in total. The van der Waals surface area contributed by atoms with Crippen LogP contribution in [-0.4, -0.2) is 152 Å². The molecule has 2 amide bonds. The normalized spacial score (nSPS) is 13.3. The number of alkyl carbamates (subject to hydrolysis) is 2. The van der Waals surface area contributed by atoms with Gasteiger partial charge >= 0.3 is 20.7 Å². The molecule has 0 aliphatic heterocycles. The molecule has 1 unspecified atom stereocenters. The lowest BCUT2D eigenvalue weighted by Crippen LogP contribution is -2.52. The summed E-state index contributed by atoms with van der Waals surface area (Å²) in [5, 5.41) is 5.68. The number of rotatable bonds is 30. The Bertz CT molecular complexity index is 856. The van der Waals surface area contributed by atoms with Crippen molar-refractivity contribution < 1.29 is 32.0 Å². The van der Waals surface area contributed by atoms with E-state index in [4.69, 9.17) is 22.4 Å².